The van der Waals surface area contributed by atoms with Crippen LogP contribution in [0.2, 0.25) is 0 Å². The molecule has 1 amide bonds. The smallest absolute Gasteiger partial charge is 0.348 e. The van der Waals surface area contributed by atoms with Crippen molar-refractivity contribution in [3.8, 4) is 0 Å². The molecule has 8 heteroatoms. The molecule has 1 aromatic heterocycles. The van der Waals surface area contributed by atoms with Crippen LogP contribution < -0.4 is 10.6 Å². The molecule has 1 aliphatic heterocycles. The molecule has 2 heterocycles. The third-order valence-electron chi connectivity index (χ3n) is 3.70. The fourth-order valence-corrected chi connectivity index (χ4v) is 2.45. The predicted molar refractivity (Wildman–Crippen MR) is 79.2 cm³/mol. The summed E-state index contributed by atoms with van der Waals surface area (Å²) in [5, 5.41) is 6.11. The van der Waals surface area contributed by atoms with E-state index in [-0.39, 0.29) is 41.7 Å². The lowest BCUT2D eigenvalue weighted by atomic mass is 9.99. The number of amides is 1. The summed E-state index contributed by atoms with van der Waals surface area (Å²) in [6, 6.07) is 2.14. The zero-order valence-electron chi connectivity index (χ0n) is 12.3. The van der Waals surface area contributed by atoms with Crippen LogP contribution in [0.25, 0.3) is 0 Å². The van der Waals surface area contributed by atoms with E-state index >= 15 is 0 Å². The molecule has 2 rings (SSSR count). The summed E-state index contributed by atoms with van der Waals surface area (Å²) in [6.45, 7) is 4.29. The van der Waals surface area contributed by atoms with Crippen LogP contribution in [0.15, 0.2) is 12.1 Å². The van der Waals surface area contributed by atoms with Gasteiger partial charge in [0.25, 0.3) is 5.91 Å². The lowest BCUT2D eigenvalue weighted by Gasteiger charge is -2.30. The molecule has 1 aromatic rings. The molecule has 0 bridgehead atoms. The number of aromatic nitrogens is 1. The second kappa shape index (κ2) is 7.28. The molecule has 1 aliphatic rings. The molecule has 2 unspecified atom stereocenters. The first kappa shape index (κ1) is 18.7. The average Bonchev–Trinajstić information content (AvgIpc) is 2.40. The van der Waals surface area contributed by atoms with Gasteiger partial charge in [0.2, 0.25) is 0 Å². The lowest BCUT2D eigenvalue weighted by molar-refractivity contribution is -0.141. The number of carbonyl (C=O) groups excluding carboxylic acids is 1. The Kier molecular flexibility index (Phi) is 6.19. The van der Waals surface area contributed by atoms with Crippen LogP contribution in [0.1, 0.15) is 41.5 Å². The molecule has 0 radical (unpaired) electrons. The molecule has 124 valence electrons. The quantitative estimate of drug-likeness (QED) is 0.872. The minimum absolute atomic E-state index is 0. The van der Waals surface area contributed by atoms with E-state index in [9.17, 15) is 18.0 Å². The number of alkyl halides is 3. The molecule has 0 aromatic carbocycles. The van der Waals surface area contributed by atoms with Crippen LogP contribution in [-0.4, -0.2) is 29.5 Å². The maximum Gasteiger partial charge on any atom is 0.433 e. The van der Waals surface area contributed by atoms with Gasteiger partial charge in [-0.3, -0.25) is 4.79 Å². The van der Waals surface area contributed by atoms with Crippen LogP contribution in [0.3, 0.4) is 0 Å². The van der Waals surface area contributed by atoms with Gasteiger partial charge in [0.05, 0.1) is 11.3 Å². The van der Waals surface area contributed by atoms with Gasteiger partial charge < -0.3 is 10.6 Å². The van der Waals surface area contributed by atoms with Gasteiger partial charge in [-0.25, -0.2) is 4.98 Å². The molecule has 0 spiro atoms. The van der Waals surface area contributed by atoms with Gasteiger partial charge in [-0.2, -0.15) is 13.2 Å². The Morgan fingerprint density at radius 2 is 2.09 bits per heavy atom. The van der Waals surface area contributed by atoms with E-state index < -0.39 is 11.9 Å². The van der Waals surface area contributed by atoms with Crippen LogP contribution >= 0.6 is 12.4 Å². The molecular weight excluding hydrogens is 319 g/mol. The monoisotopic (exact) mass is 337 g/mol. The average molecular weight is 338 g/mol. The van der Waals surface area contributed by atoms with Gasteiger partial charge in [-0.1, -0.05) is 0 Å². The van der Waals surface area contributed by atoms with Crippen molar-refractivity contribution in [3.05, 3.63) is 29.1 Å². The lowest BCUT2D eigenvalue weighted by Crippen LogP contribution is -2.52. The van der Waals surface area contributed by atoms with Crippen molar-refractivity contribution >= 4 is 18.3 Å². The molecule has 2 N–H and O–H groups in total. The number of piperidine rings is 1. The van der Waals surface area contributed by atoms with Crippen LogP contribution in [0.5, 0.6) is 0 Å². The SMILES string of the molecule is Cc1nc(C(F)(F)F)ccc1C(=O)NC1CCCNC1C.Cl. The Balaban J connectivity index is 0.00000242. The Bertz CT molecular complexity index is 537. The number of aryl methyl sites for hydroxylation is 1. The minimum atomic E-state index is -4.50. The first-order valence-electron chi connectivity index (χ1n) is 6.88. The Morgan fingerprint density at radius 1 is 1.41 bits per heavy atom. The topological polar surface area (TPSA) is 54.0 Å². The van der Waals surface area contributed by atoms with Crippen molar-refractivity contribution in [1.82, 2.24) is 15.6 Å². The van der Waals surface area contributed by atoms with E-state index in [1.807, 2.05) is 6.92 Å². The molecule has 22 heavy (non-hydrogen) atoms. The van der Waals surface area contributed by atoms with Gasteiger partial charge in [-0.15, -0.1) is 12.4 Å². The number of halogens is 4. The summed E-state index contributed by atoms with van der Waals surface area (Å²) in [4.78, 5) is 15.7. The van der Waals surface area contributed by atoms with Gasteiger partial charge in [0.15, 0.2) is 0 Å². The summed E-state index contributed by atoms with van der Waals surface area (Å²) >= 11 is 0. The van der Waals surface area contributed by atoms with E-state index in [1.165, 1.54) is 13.0 Å². The Morgan fingerprint density at radius 3 is 2.64 bits per heavy atom. The maximum atomic E-state index is 12.6. The minimum Gasteiger partial charge on any atom is -0.348 e. The highest BCUT2D eigenvalue weighted by atomic mass is 35.5. The molecular formula is C14H19ClF3N3O. The molecule has 0 saturated carbocycles. The van der Waals surface area contributed by atoms with Crippen LogP contribution in [0.4, 0.5) is 13.2 Å². The zero-order valence-corrected chi connectivity index (χ0v) is 13.1. The summed E-state index contributed by atoms with van der Waals surface area (Å²) < 4.78 is 37.7. The number of rotatable bonds is 2. The molecule has 1 saturated heterocycles. The normalized spacial score (nSPS) is 21.9. The Hall–Kier alpha value is -1.34. The summed E-state index contributed by atoms with van der Waals surface area (Å²) in [7, 11) is 0. The highest BCUT2D eigenvalue weighted by Crippen LogP contribution is 2.28. The summed E-state index contributed by atoms with van der Waals surface area (Å²) in [5.41, 5.74) is -0.719. The second-order valence-corrected chi connectivity index (χ2v) is 5.29. The van der Waals surface area contributed by atoms with Gasteiger partial charge in [0.1, 0.15) is 5.69 Å². The van der Waals surface area contributed by atoms with Crippen molar-refractivity contribution in [3.63, 3.8) is 0 Å². The van der Waals surface area contributed by atoms with Crippen LogP contribution in [0, 0.1) is 6.92 Å². The highest BCUT2D eigenvalue weighted by molar-refractivity contribution is 5.95. The van der Waals surface area contributed by atoms with Gasteiger partial charge >= 0.3 is 6.18 Å². The van der Waals surface area contributed by atoms with Crippen molar-refractivity contribution in [2.75, 3.05) is 6.54 Å². The van der Waals surface area contributed by atoms with Crippen molar-refractivity contribution in [2.24, 2.45) is 0 Å². The third kappa shape index (κ3) is 4.33. The van der Waals surface area contributed by atoms with Crippen molar-refractivity contribution < 1.29 is 18.0 Å². The fourth-order valence-electron chi connectivity index (χ4n) is 2.45. The van der Waals surface area contributed by atoms with E-state index in [0.29, 0.717) is 0 Å². The highest BCUT2D eigenvalue weighted by Gasteiger charge is 2.33. The Labute approximate surface area is 133 Å². The van der Waals surface area contributed by atoms with Gasteiger partial charge in [-0.05, 0) is 45.4 Å². The van der Waals surface area contributed by atoms with E-state index in [1.54, 1.807) is 0 Å². The first-order valence-corrected chi connectivity index (χ1v) is 6.88. The zero-order chi connectivity index (χ0) is 15.6. The number of carbonyl (C=O) groups is 1. The summed E-state index contributed by atoms with van der Waals surface area (Å²) in [5.74, 6) is -0.380. The number of hydrogen-bond acceptors (Lipinski definition) is 3. The fraction of sp³-hybridized carbons (Fsp3) is 0.571. The van der Waals surface area contributed by atoms with Crippen molar-refractivity contribution in [2.45, 2.75) is 44.9 Å². The molecule has 2 atom stereocenters. The largest absolute Gasteiger partial charge is 0.433 e. The molecule has 0 aliphatic carbocycles. The van der Waals surface area contributed by atoms with Gasteiger partial charge in [0, 0.05) is 12.1 Å². The van der Waals surface area contributed by atoms with Crippen LogP contribution in [-0.2, 0) is 6.18 Å². The number of nitrogens with zero attached hydrogens (tertiary/aromatic N) is 1. The number of nitrogens with one attached hydrogen (secondary N) is 2. The first-order chi connectivity index (χ1) is 9.79. The molecule has 4 nitrogen and oxygen atoms in total. The predicted octanol–water partition coefficient (Wildman–Crippen LogP) is 2.70. The van der Waals surface area contributed by atoms with E-state index in [2.05, 4.69) is 15.6 Å². The standard InChI is InChI=1S/C14H18F3N3O.ClH/c1-8-10(5-6-12(19-8)14(15,16)17)13(21)20-11-4-3-7-18-9(11)2;/h5-6,9,11,18H,3-4,7H2,1-2H3,(H,20,21);1H. The van der Waals surface area contributed by atoms with E-state index in [0.717, 1.165) is 25.5 Å². The van der Waals surface area contributed by atoms with E-state index in [4.69, 9.17) is 0 Å². The van der Waals surface area contributed by atoms with Crippen molar-refractivity contribution in [1.29, 1.82) is 0 Å². The molecule has 1 fully saturated rings. The number of pyridine rings is 1. The maximum absolute atomic E-state index is 12.6. The third-order valence-corrected chi connectivity index (χ3v) is 3.70. The number of hydrogen-bond donors (Lipinski definition) is 2. The second-order valence-electron chi connectivity index (χ2n) is 5.29. The summed E-state index contributed by atoms with van der Waals surface area (Å²) in [6.07, 6.45) is -2.69.